The van der Waals surface area contributed by atoms with Gasteiger partial charge in [0.25, 0.3) is 0 Å². The Hall–Kier alpha value is -0.370. The molecular formula is C17H27NaO5S. The second kappa shape index (κ2) is 13.9. The minimum Gasteiger partial charge on any atom is -1.00 e. The van der Waals surface area contributed by atoms with E-state index in [0.717, 1.165) is 24.8 Å². The number of para-hydroxylation sites is 1. The summed E-state index contributed by atoms with van der Waals surface area (Å²) in [5, 5.41) is 0. The molecule has 0 saturated carbocycles. The average Bonchev–Trinajstić information content (AvgIpc) is 2.55. The third kappa shape index (κ3) is 10.5. The maximum atomic E-state index is 11.4. The van der Waals surface area contributed by atoms with Crippen LogP contribution in [0.4, 0.5) is 0 Å². The molecular weight excluding hydrogens is 339 g/mol. The summed E-state index contributed by atoms with van der Waals surface area (Å²) in [4.78, 5) is 4.95. The van der Waals surface area contributed by atoms with Gasteiger partial charge in [-0.1, -0.05) is 63.3 Å². The summed E-state index contributed by atoms with van der Waals surface area (Å²) in [6, 6.07) is 7.24. The van der Waals surface area contributed by atoms with Crippen LogP contribution in [0.15, 0.2) is 36.9 Å². The maximum absolute atomic E-state index is 11.4. The molecule has 5 nitrogen and oxygen atoms in total. The van der Waals surface area contributed by atoms with Crippen LogP contribution in [0.25, 0.3) is 0 Å². The minimum atomic E-state index is -4.19. The van der Waals surface area contributed by atoms with Crippen LogP contribution in [-0.2, 0) is 25.3 Å². The first-order valence-electron chi connectivity index (χ1n) is 8.03. The smallest absolute Gasteiger partial charge is 1.00 e. The van der Waals surface area contributed by atoms with E-state index in [1.807, 2.05) is 12.1 Å². The van der Waals surface area contributed by atoms with Gasteiger partial charge in [0.15, 0.2) is 5.75 Å². The Labute approximate surface area is 169 Å². The Morgan fingerprint density at radius 3 is 2.50 bits per heavy atom. The Balaban J connectivity index is 0. The molecule has 0 N–H and O–H groups in total. The van der Waals surface area contributed by atoms with E-state index < -0.39 is 10.4 Å². The van der Waals surface area contributed by atoms with Gasteiger partial charge in [-0.25, -0.2) is 4.18 Å². The largest absolute Gasteiger partial charge is 1.00 e. The first kappa shape index (κ1) is 23.6. The molecule has 0 spiro atoms. The van der Waals surface area contributed by atoms with Gasteiger partial charge >= 0.3 is 40.0 Å². The van der Waals surface area contributed by atoms with Gasteiger partial charge in [-0.05, 0) is 28.8 Å². The Morgan fingerprint density at radius 2 is 1.79 bits per heavy atom. The molecule has 1 aromatic rings. The maximum Gasteiger partial charge on any atom is 1.00 e. The van der Waals surface area contributed by atoms with Crippen molar-refractivity contribution < 1.29 is 52.8 Å². The van der Waals surface area contributed by atoms with Crippen molar-refractivity contribution in [3.8, 4) is 5.75 Å². The summed E-state index contributed by atoms with van der Waals surface area (Å²) >= 11 is 0. The second-order valence-electron chi connectivity index (χ2n) is 5.26. The molecule has 0 saturated heterocycles. The molecule has 0 unspecified atom stereocenters. The third-order valence-corrected chi connectivity index (χ3v) is 3.97. The Morgan fingerprint density at radius 1 is 1.12 bits per heavy atom. The van der Waals surface area contributed by atoms with Crippen LogP contribution in [0.1, 0.15) is 52.4 Å². The Bertz CT molecular complexity index is 566. The molecule has 0 atom stereocenters. The number of hydrogen-bond donors (Lipinski definition) is 0. The van der Waals surface area contributed by atoms with Crippen LogP contribution in [-0.4, -0.2) is 15.0 Å². The van der Waals surface area contributed by atoms with Crippen molar-refractivity contribution in [2.45, 2.75) is 51.9 Å². The van der Waals surface area contributed by atoms with E-state index in [1.54, 1.807) is 12.1 Å². The molecule has 0 heterocycles. The average molecular weight is 366 g/mol. The summed E-state index contributed by atoms with van der Waals surface area (Å²) in [6.45, 7) is 5.40. The van der Waals surface area contributed by atoms with Crippen molar-refractivity contribution in [1.82, 2.24) is 0 Å². The molecule has 0 aromatic heterocycles. The first-order valence-corrected chi connectivity index (χ1v) is 9.36. The molecule has 1 aromatic carbocycles. The van der Waals surface area contributed by atoms with Gasteiger partial charge in [0.1, 0.15) is 0 Å². The molecule has 0 fully saturated rings. The molecule has 0 aliphatic rings. The van der Waals surface area contributed by atoms with E-state index in [9.17, 15) is 8.42 Å². The first-order chi connectivity index (χ1) is 11.1. The quantitative estimate of drug-likeness (QED) is 0.174. The van der Waals surface area contributed by atoms with Crippen LogP contribution >= 0.6 is 0 Å². The van der Waals surface area contributed by atoms with Crippen molar-refractivity contribution in [2.24, 2.45) is 0 Å². The summed E-state index contributed by atoms with van der Waals surface area (Å²) in [5.41, 5.74) is 0.918. The Kier molecular flexibility index (Phi) is 13.7. The molecule has 7 heteroatoms. The molecule has 0 aliphatic carbocycles. The van der Waals surface area contributed by atoms with E-state index in [-0.39, 0.29) is 37.6 Å². The molecule has 132 valence electrons. The summed E-state index contributed by atoms with van der Waals surface area (Å²) in [5.74, 6) is 0.395. The van der Waals surface area contributed by atoms with Crippen molar-refractivity contribution in [1.29, 1.82) is 0 Å². The molecule has 0 amide bonds. The zero-order valence-corrected chi connectivity index (χ0v) is 17.5. The number of unbranched alkanes of at least 4 members (excludes halogenated alkanes) is 5. The van der Waals surface area contributed by atoms with Gasteiger partial charge in [-0.3, -0.25) is 0 Å². The van der Waals surface area contributed by atoms with Gasteiger partial charge in [0.2, 0.25) is 0 Å². The van der Waals surface area contributed by atoms with Crippen LogP contribution in [0, 0.1) is 0 Å². The van der Waals surface area contributed by atoms with Gasteiger partial charge in [-0.15, -0.1) is 6.58 Å². The molecule has 1 rings (SSSR count). The molecule has 24 heavy (non-hydrogen) atoms. The number of aryl methyl sites for hydroxylation is 1. The number of hydrogen-bond acceptors (Lipinski definition) is 5. The van der Waals surface area contributed by atoms with Gasteiger partial charge in [0.05, 0.1) is 6.61 Å². The van der Waals surface area contributed by atoms with Gasteiger partial charge in [-0.2, -0.15) is 8.42 Å². The van der Waals surface area contributed by atoms with E-state index in [2.05, 4.69) is 22.0 Å². The fourth-order valence-electron chi connectivity index (χ4n) is 2.12. The predicted molar refractivity (Wildman–Crippen MR) is 91.4 cm³/mol. The van der Waals surface area contributed by atoms with Crippen LogP contribution in [0.5, 0.6) is 5.75 Å². The van der Waals surface area contributed by atoms with E-state index in [4.69, 9.17) is 4.89 Å². The molecule has 0 bridgehead atoms. The fourth-order valence-corrected chi connectivity index (χ4v) is 2.58. The summed E-state index contributed by atoms with van der Waals surface area (Å²) in [6.07, 6.45) is 9.30. The van der Waals surface area contributed by atoms with Crippen LogP contribution in [0.3, 0.4) is 0 Å². The van der Waals surface area contributed by atoms with Crippen LogP contribution < -0.4 is 34.4 Å². The van der Waals surface area contributed by atoms with E-state index >= 15 is 0 Å². The minimum absolute atomic E-state index is 0. The summed E-state index contributed by atoms with van der Waals surface area (Å²) < 4.78 is 31.7. The number of rotatable bonds is 13. The van der Waals surface area contributed by atoms with Crippen molar-refractivity contribution in [2.75, 3.05) is 6.61 Å². The predicted octanol–water partition coefficient (Wildman–Crippen LogP) is 1.46. The fraction of sp³-hybridized carbons (Fsp3) is 0.529. The van der Waals surface area contributed by atoms with E-state index in [0.29, 0.717) is 5.75 Å². The van der Waals surface area contributed by atoms with Crippen LogP contribution in [0.2, 0.25) is 0 Å². The molecule has 0 aliphatic heterocycles. The zero-order chi connectivity index (χ0) is 17.0. The number of benzene rings is 1. The second-order valence-corrected chi connectivity index (χ2v) is 6.45. The monoisotopic (exact) mass is 366 g/mol. The molecule has 0 radical (unpaired) electrons. The standard InChI is InChI=1S/C17H26O5S.Na.H/c1-3-5-6-7-8-9-12-16-13-10-11-14-17(16)21-22-23(18,19)20-15-4-2;;/h4,10-11,13-14H,2-3,5-9,12,15H2,1H3;;/q;+1;-1. The van der Waals surface area contributed by atoms with Gasteiger partial charge < -0.3 is 6.31 Å². The zero-order valence-electron chi connectivity index (χ0n) is 15.7. The SMILES string of the molecule is C=CCOS(=O)(=O)OOc1ccccc1CCCCCCCC.[H-].[Na+]. The summed E-state index contributed by atoms with van der Waals surface area (Å²) in [7, 11) is -4.19. The third-order valence-electron chi connectivity index (χ3n) is 3.31. The van der Waals surface area contributed by atoms with Crippen molar-refractivity contribution in [3.05, 3.63) is 42.5 Å². The van der Waals surface area contributed by atoms with Gasteiger partial charge in [0, 0.05) is 0 Å². The van der Waals surface area contributed by atoms with Crippen molar-refractivity contribution >= 4 is 10.4 Å². The topological polar surface area (TPSA) is 61.8 Å². The van der Waals surface area contributed by atoms with Crippen molar-refractivity contribution in [3.63, 3.8) is 0 Å². The normalized spacial score (nSPS) is 10.9. The van der Waals surface area contributed by atoms with E-state index in [1.165, 1.54) is 31.8 Å².